The van der Waals surface area contributed by atoms with Crippen LogP contribution in [0.5, 0.6) is 0 Å². The fraction of sp³-hybridized carbons (Fsp3) is 0.158. The monoisotopic (exact) mass is 321 g/mol. The minimum absolute atomic E-state index is 0.117. The molecule has 2 N–H and O–H groups in total. The molecular formula is C19H19N3O2. The molecule has 0 spiro atoms. The van der Waals surface area contributed by atoms with E-state index in [2.05, 4.69) is 15.3 Å². The second-order valence-electron chi connectivity index (χ2n) is 5.42. The Morgan fingerprint density at radius 2 is 1.62 bits per heavy atom. The minimum atomic E-state index is -0.209. The predicted octanol–water partition coefficient (Wildman–Crippen LogP) is 3.12. The third kappa shape index (κ3) is 3.88. The smallest absolute Gasteiger partial charge is 0.252 e. The van der Waals surface area contributed by atoms with Gasteiger partial charge in [0.1, 0.15) is 0 Å². The zero-order chi connectivity index (χ0) is 16.8. The number of hydrogen-bond acceptors (Lipinski definition) is 4. The number of aromatic nitrogens is 2. The molecular weight excluding hydrogens is 302 g/mol. The molecule has 3 aromatic rings. The maximum Gasteiger partial charge on any atom is 0.252 e. The molecule has 5 heteroatoms. The highest BCUT2D eigenvalue weighted by Gasteiger charge is 2.15. The summed E-state index contributed by atoms with van der Waals surface area (Å²) in [6, 6.07) is 21.4. The molecule has 0 saturated heterocycles. The predicted molar refractivity (Wildman–Crippen MR) is 93.9 cm³/mol. The van der Waals surface area contributed by atoms with Crippen LogP contribution in [0.1, 0.15) is 22.9 Å². The van der Waals surface area contributed by atoms with Crippen LogP contribution in [0.3, 0.4) is 0 Å². The minimum Gasteiger partial charge on any atom is -0.378 e. The van der Waals surface area contributed by atoms with Crippen molar-refractivity contribution in [2.45, 2.75) is 12.6 Å². The largest absolute Gasteiger partial charge is 0.378 e. The molecule has 0 unspecified atom stereocenters. The van der Waals surface area contributed by atoms with Crippen molar-refractivity contribution in [3.63, 3.8) is 0 Å². The number of hydrogen-bond donors (Lipinski definition) is 2. The van der Waals surface area contributed by atoms with Gasteiger partial charge in [-0.15, -0.1) is 0 Å². The number of benzene rings is 2. The van der Waals surface area contributed by atoms with Gasteiger partial charge in [0.05, 0.1) is 18.3 Å². The lowest BCUT2D eigenvalue weighted by atomic mass is 9.99. The second kappa shape index (κ2) is 7.57. The Hall–Kier alpha value is -2.92. The zero-order valence-corrected chi connectivity index (χ0v) is 13.4. The molecule has 2 aromatic carbocycles. The molecule has 0 aliphatic heterocycles. The van der Waals surface area contributed by atoms with Crippen LogP contribution in [0.4, 0.5) is 5.95 Å². The molecule has 1 aromatic heterocycles. The van der Waals surface area contributed by atoms with E-state index in [1.54, 1.807) is 7.11 Å². The van der Waals surface area contributed by atoms with E-state index in [9.17, 15) is 4.79 Å². The van der Waals surface area contributed by atoms with Gasteiger partial charge in [-0.25, -0.2) is 4.98 Å². The Morgan fingerprint density at radius 3 is 2.17 bits per heavy atom. The van der Waals surface area contributed by atoms with Crippen molar-refractivity contribution >= 4 is 5.95 Å². The quantitative estimate of drug-likeness (QED) is 0.732. The Balaban J connectivity index is 1.97. The average Bonchev–Trinajstić information content (AvgIpc) is 2.61. The van der Waals surface area contributed by atoms with Gasteiger partial charge in [-0.2, -0.15) is 0 Å². The molecule has 24 heavy (non-hydrogen) atoms. The molecule has 0 fully saturated rings. The Bertz CT molecular complexity index is 792. The van der Waals surface area contributed by atoms with Crippen molar-refractivity contribution in [2.24, 2.45) is 0 Å². The standard InChI is InChI=1S/C19H19N3O2/c1-24-13-16-12-17(23)21-19(20-16)22-18(14-8-4-2-5-9-14)15-10-6-3-7-11-15/h2-12,18H,13H2,1H3,(H2,20,21,22,23). The highest BCUT2D eigenvalue weighted by Crippen LogP contribution is 2.24. The van der Waals surface area contributed by atoms with Crippen LogP contribution in [-0.4, -0.2) is 17.1 Å². The molecule has 0 amide bonds. The number of ether oxygens (including phenoxy) is 1. The Kier molecular flexibility index (Phi) is 5.03. The van der Waals surface area contributed by atoms with Crippen LogP contribution in [0, 0.1) is 0 Å². The first kappa shape index (κ1) is 16.0. The number of methoxy groups -OCH3 is 1. The SMILES string of the molecule is COCc1cc(=O)[nH]c(NC(c2ccccc2)c2ccccc2)n1. The molecule has 0 saturated carbocycles. The van der Waals surface area contributed by atoms with Crippen molar-refractivity contribution in [3.05, 3.63) is 93.9 Å². The molecule has 0 bridgehead atoms. The second-order valence-corrected chi connectivity index (χ2v) is 5.42. The summed E-state index contributed by atoms with van der Waals surface area (Å²) in [7, 11) is 1.58. The summed E-state index contributed by atoms with van der Waals surface area (Å²) in [5, 5.41) is 3.33. The number of H-pyrrole nitrogens is 1. The highest BCUT2D eigenvalue weighted by atomic mass is 16.5. The van der Waals surface area contributed by atoms with Gasteiger partial charge >= 0.3 is 0 Å². The van der Waals surface area contributed by atoms with Crippen LogP contribution in [-0.2, 0) is 11.3 Å². The molecule has 0 aliphatic carbocycles. The van der Waals surface area contributed by atoms with Gasteiger partial charge in [-0.05, 0) is 11.1 Å². The molecule has 1 heterocycles. The van der Waals surface area contributed by atoms with Gasteiger partial charge in [0.15, 0.2) is 0 Å². The van der Waals surface area contributed by atoms with Crippen molar-refractivity contribution in [3.8, 4) is 0 Å². The average molecular weight is 321 g/mol. The van der Waals surface area contributed by atoms with Gasteiger partial charge in [-0.3, -0.25) is 9.78 Å². The van der Waals surface area contributed by atoms with Crippen LogP contribution < -0.4 is 10.9 Å². The van der Waals surface area contributed by atoms with Crippen molar-refractivity contribution in [1.82, 2.24) is 9.97 Å². The highest BCUT2D eigenvalue weighted by molar-refractivity contribution is 5.40. The number of aromatic amines is 1. The van der Waals surface area contributed by atoms with Gasteiger partial charge in [0, 0.05) is 13.2 Å². The van der Waals surface area contributed by atoms with Gasteiger partial charge in [0.2, 0.25) is 5.95 Å². The number of rotatable bonds is 6. The molecule has 0 radical (unpaired) electrons. The molecule has 0 atom stereocenters. The van der Waals surface area contributed by atoms with E-state index in [0.29, 0.717) is 18.2 Å². The first-order valence-electron chi connectivity index (χ1n) is 7.72. The van der Waals surface area contributed by atoms with E-state index in [1.165, 1.54) is 6.07 Å². The van der Waals surface area contributed by atoms with Crippen LogP contribution >= 0.6 is 0 Å². The molecule has 122 valence electrons. The van der Waals surface area contributed by atoms with E-state index >= 15 is 0 Å². The molecule has 0 aliphatic rings. The van der Waals surface area contributed by atoms with E-state index in [-0.39, 0.29) is 11.6 Å². The summed E-state index contributed by atoms with van der Waals surface area (Å²) in [6.07, 6.45) is 0. The van der Waals surface area contributed by atoms with E-state index in [1.807, 2.05) is 60.7 Å². The lowest BCUT2D eigenvalue weighted by molar-refractivity contribution is 0.181. The Labute approximate surface area is 140 Å². The topological polar surface area (TPSA) is 67.0 Å². The third-order valence-corrected chi connectivity index (χ3v) is 3.63. The van der Waals surface area contributed by atoms with E-state index < -0.39 is 0 Å². The maximum atomic E-state index is 11.8. The van der Waals surface area contributed by atoms with Crippen LogP contribution in [0.15, 0.2) is 71.5 Å². The van der Waals surface area contributed by atoms with Gasteiger partial charge in [0.25, 0.3) is 5.56 Å². The summed E-state index contributed by atoms with van der Waals surface area (Å²) >= 11 is 0. The number of nitrogens with zero attached hydrogens (tertiary/aromatic N) is 1. The van der Waals surface area contributed by atoms with E-state index in [0.717, 1.165) is 11.1 Å². The summed E-state index contributed by atoms with van der Waals surface area (Å²) in [5.41, 5.74) is 2.55. The summed E-state index contributed by atoms with van der Waals surface area (Å²) < 4.78 is 5.07. The lowest BCUT2D eigenvalue weighted by Gasteiger charge is -2.20. The fourth-order valence-electron chi connectivity index (χ4n) is 2.58. The number of nitrogens with one attached hydrogen (secondary N) is 2. The first-order valence-corrected chi connectivity index (χ1v) is 7.72. The maximum absolute atomic E-state index is 11.8. The summed E-state index contributed by atoms with van der Waals surface area (Å²) in [4.78, 5) is 19.0. The molecule has 3 rings (SSSR count). The van der Waals surface area contributed by atoms with Crippen molar-refractivity contribution in [2.75, 3.05) is 12.4 Å². The fourth-order valence-corrected chi connectivity index (χ4v) is 2.58. The van der Waals surface area contributed by atoms with Crippen LogP contribution in [0.2, 0.25) is 0 Å². The van der Waals surface area contributed by atoms with Gasteiger partial charge in [-0.1, -0.05) is 60.7 Å². The first-order chi connectivity index (χ1) is 11.8. The van der Waals surface area contributed by atoms with Gasteiger partial charge < -0.3 is 10.1 Å². The zero-order valence-electron chi connectivity index (χ0n) is 13.4. The van der Waals surface area contributed by atoms with Crippen LogP contribution in [0.25, 0.3) is 0 Å². The normalized spacial score (nSPS) is 10.8. The van der Waals surface area contributed by atoms with Crippen molar-refractivity contribution in [1.29, 1.82) is 0 Å². The number of anilines is 1. The third-order valence-electron chi connectivity index (χ3n) is 3.63. The van der Waals surface area contributed by atoms with E-state index in [4.69, 9.17) is 4.74 Å². The molecule has 5 nitrogen and oxygen atoms in total. The Morgan fingerprint density at radius 1 is 1.04 bits per heavy atom. The summed E-state index contributed by atoms with van der Waals surface area (Å²) in [6.45, 7) is 0.292. The lowest BCUT2D eigenvalue weighted by Crippen LogP contribution is -2.19. The van der Waals surface area contributed by atoms with Crippen molar-refractivity contribution < 1.29 is 4.74 Å². The summed E-state index contributed by atoms with van der Waals surface area (Å²) in [5.74, 6) is 0.423.